The van der Waals surface area contributed by atoms with Gasteiger partial charge in [-0.15, -0.1) is 10.2 Å². The van der Waals surface area contributed by atoms with E-state index in [9.17, 15) is 0 Å². The largest absolute Gasteiger partial charge is 0.493 e. The van der Waals surface area contributed by atoms with Crippen LogP contribution in [0.1, 0.15) is 17.2 Å². The molecule has 0 N–H and O–H groups in total. The van der Waals surface area contributed by atoms with Gasteiger partial charge in [0.15, 0.2) is 23.1 Å². The van der Waals surface area contributed by atoms with Gasteiger partial charge in [-0.25, -0.2) is 4.68 Å². The zero-order valence-corrected chi connectivity index (χ0v) is 12.4. The molecule has 2 rings (SSSR count). The van der Waals surface area contributed by atoms with Crippen LogP contribution in [0.15, 0.2) is 36.0 Å². The van der Waals surface area contributed by atoms with E-state index < -0.39 is 0 Å². The lowest BCUT2D eigenvalue weighted by atomic mass is 10.2. The van der Waals surface area contributed by atoms with Crippen LogP contribution in [0, 0.1) is 13.8 Å². The predicted octanol–water partition coefficient (Wildman–Crippen LogP) is 2.35. The minimum Gasteiger partial charge on any atom is -0.493 e. The van der Waals surface area contributed by atoms with Crippen LogP contribution < -0.4 is 9.47 Å². The van der Waals surface area contributed by atoms with Gasteiger partial charge < -0.3 is 9.47 Å². The van der Waals surface area contributed by atoms with Gasteiger partial charge in [-0.3, -0.25) is 0 Å². The number of ether oxygens (including phenoxy) is 2. The molecule has 0 amide bonds. The molecule has 0 aliphatic carbocycles. The number of hydrogen-bond donors (Lipinski definition) is 0. The van der Waals surface area contributed by atoms with Crippen LogP contribution >= 0.6 is 0 Å². The Morgan fingerprint density at radius 2 is 1.95 bits per heavy atom. The Morgan fingerprint density at radius 1 is 1.24 bits per heavy atom. The number of rotatable bonds is 6. The molecule has 0 aliphatic heterocycles. The average molecular weight is 286 g/mol. The lowest BCUT2D eigenvalue weighted by Gasteiger charge is -2.09. The smallest absolute Gasteiger partial charge is 0.161 e. The number of hydrogen-bond acceptors (Lipinski definition) is 5. The normalized spacial score (nSPS) is 10.8. The van der Waals surface area contributed by atoms with E-state index in [0.717, 1.165) is 17.2 Å². The molecule has 0 aliphatic rings. The maximum Gasteiger partial charge on any atom is 0.161 e. The number of aromatic nitrogens is 3. The highest BCUT2D eigenvalue weighted by molar-refractivity contribution is 5.80. The highest BCUT2D eigenvalue weighted by Crippen LogP contribution is 2.27. The van der Waals surface area contributed by atoms with Gasteiger partial charge in [0.05, 0.1) is 13.3 Å². The fourth-order valence-electron chi connectivity index (χ4n) is 1.79. The topological polar surface area (TPSA) is 61.5 Å². The third kappa shape index (κ3) is 3.47. The maximum absolute atomic E-state index is 5.51. The zero-order chi connectivity index (χ0) is 15.2. The summed E-state index contributed by atoms with van der Waals surface area (Å²) >= 11 is 0. The molecule has 0 saturated heterocycles. The van der Waals surface area contributed by atoms with E-state index >= 15 is 0 Å². The summed E-state index contributed by atoms with van der Waals surface area (Å²) < 4.78 is 12.5. The van der Waals surface area contributed by atoms with Crippen molar-refractivity contribution in [3.63, 3.8) is 0 Å². The Hall–Kier alpha value is -2.63. The van der Waals surface area contributed by atoms with E-state index in [1.54, 1.807) is 24.1 Å². The molecule has 0 fully saturated rings. The van der Waals surface area contributed by atoms with Crippen molar-refractivity contribution in [2.24, 2.45) is 5.10 Å². The summed E-state index contributed by atoms with van der Waals surface area (Å²) in [7, 11) is 1.60. The Kier molecular flexibility index (Phi) is 4.71. The molecular formula is C15H18N4O2. The minimum atomic E-state index is 0.433. The molecule has 110 valence electrons. The first-order valence-electron chi connectivity index (χ1n) is 6.50. The molecular weight excluding hydrogens is 268 g/mol. The van der Waals surface area contributed by atoms with Crippen molar-refractivity contribution in [1.29, 1.82) is 0 Å². The number of aryl methyl sites for hydroxylation is 2. The third-order valence-corrected chi connectivity index (χ3v) is 2.82. The van der Waals surface area contributed by atoms with E-state index in [2.05, 4.69) is 21.9 Å². The van der Waals surface area contributed by atoms with E-state index in [0.29, 0.717) is 18.1 Å². The van der Waals surface area contributed by atoms with Crippen LogP contribution in [-0.2, 0) is 0 Å². The average Bonchev–Trinajstić information content (AvgIpc) is 2.82. The van der Waals surface area contributed by atoms with Crippen molar-refractivity contribution in [1.82, 2.24) is 14.9 Å². The van der Waals surface area contributed by atoms with Gasteiger partial charge >= 0.3 is 0 Å². The second-order valence-corrected chi connectivity index (χ2v) is 4.36. The minimum absolute atomic E-state index is 0.433. The second-order valence-electron chi connectivity index (χ2n) is 4.36. The first-order chi connectivity index (χ1) is 10.2. The second kappa shape index (κ2) is 6.69. The SMILES string of the molecule is C=CCOc1ccc(/C=N\n2c(C)nnc2C)cc1OC. The fraction of sp³-hybridized carbons (Fsp3) is 0.267. The lowest BCUT2D eigenvalue weighted by molar-refractivity contribution is 0.326. The van der Waals surface area contributed by atoms with Crippen LogP contribution in [0.4, 0.5) is 0 Å². The van der Waals surface area contributed by atoms with Crippen LogP contribution in [0.3, 0.4) is 0 Å². The van der Waals surface area contributed by atoms with E-state index in [1.165, 1.54) is 0 Å². The molecule has 1 aromatic carbocycles. The summed E-state index contributed by atoms with van der Waals surface area (Å²) in [6.07, 6.45) is 3.41. The van der Waals surface area contributed by atoms with Gasteiger partial charge in [0.2, 0.25) is 0 Å². The number of nitrogens with zero attached hydrogens (tertiary/aromatic N) is 4. The Morgan fingerprint density at radius 3 is 2.57 bits per heavy atom. The van der Waals surface area contributed by atoms with Crippen LogP contribution in [0.25, 0.3) is 0 Å². The van der Waals surface area contributed by atoms with Crippen molar-refractivity contribution in [3.05, 3.63) is 48.1 Å². The molecule has 6 heteroatoms. The quantitative estimate of drug-likeness (QED) is 0.604. The van der Waals surface area contributed by atoms with Crippen molar-refractivity contribution >= 4 is 6.21 Å². The molecule has 0 spiro atoms. The van der Waals surface area contributed by atoms with Crippen molar-refractivity contribution < 1.29 is 9.47 Å². The van der Waals surface area contributed by atoms with Gasteiger partial charge in [-0.2, -0.15) is 5.10 Å². The molecule has 0 unspecified atom stereocenters. The molecule has 1 aromatic heterocycles. The van der Waals surface area contributed by atoms with Gasteiger partial charge in [-0.1, -0.05) is 12.7 Å². The number of methoxy groups -OCH3 is 1. The van der Waals surface area contributed by atoms with Crippen molar-refractivity contribution in [3.8, 4) is 11.5 Å². The summed E-state index contributed by atoms with van der Waals surface area (Å²) in [4.78, 5) is 0. The Balaban J connectivity index is 2.23. The fourth-order valence-corrected chi connectivity index (χ4v) is 1.79. The molecule has 0 atom stereocenters. The van der Waals surface area contributed by atoms with Crippen LogP contribution in [-0.4, -0.2) is 34.8 Å². The highest BCUT2D eigenvalue weighted by atomic mass is 16.5. The molecule has 1 heterocycles. The summed E-state index contributed by atoms with van der Waals surface area (Å²) in [5.74, 6) is 2.80. The molecule has 0 saturated carbocycles. The van der Waals surface area contributed by atoms with Gasteiger partial charge in [0.1, 0.15) is 6.61 Å². The molecule has 0 radical (unpaired) electrons. The van der Waals surface area contributed by atoms with Crippen LogP contribution in [0.2, 0.25) is 0 Å². The Labute approximate surface area is 123 Å². The van der Waals surface area contributed by atoms with E-state index in [1.807, 2.05) is 32.0 Å². The molecule has 6 nitrogen and oxygen atoms in total. The zero-order valence-electron chi connectivity index (χ0n) is 12.4. The standard InChI is InChI=1S/C15H18N4O2/c1-5-8-21-14-7-6-13(9-15(14)20-4)10-16-19-11(2)17-18-12(19)3/h5-7,9-10H,1,8H2,2-4H3/b16-10-. The lowest BCUT2D eigenvalue weighted by Crippen LogP contribution is -1.98. The Bertz CT molecular complexity index is 642. The predicted molar refractivity (Wildman–Crippen MR) is 81.2 cm³/mol. The molecule has 21 heavy (non-hydrogen) atoms. The molecule has 2 aromatic rings. The van der Waals surface area contributed by atoms with E-state index in [-0.39, 0.29) is 0 Å². The summed E-state index contributed by atoms with van der Waals surface area (Å²) in [5, 5.41) is 12.3. The third-order valence-electron chi connectivity index (χ3n) is 2.82. The van der Waals surface area contributed by atoms with Gasteiger partial charge in [0, 0.05) is 0 Å². The summed E-state index contributed by atoms with van der Waals surface area (Å²) in [6, 6.07) is 5.60. The molecule has 0 bridgehead atoms. The van der Waals surface area contributed by atoms with Crippen molar-refractivity contribution in [2.75, 3.05) is 13.7 Å². The highest BCUT2D eigenvalue weighted by Gasteiger charge is 2.05. The maximum atomic E-state index is 5.51. The monoisotopic (exact) mass is 286 g/mol. The first-order valence-corrected chi connectivity index (χ1v) is 6.50. The van der Waals surface area contributed by atoms with Gasteiger partial charge in [0.25, 0.3) is 0 Å². The first kappa shape index (κ1) is 14.8. The summed E-state index contributed by atoms with van der Waals surface area (Å²) in [5.41, 5.74) is 0.894. The van der Waals surface area contributed by atoms with Crippen molar-refractivity contribution in [2.45, 2.75) is 13.8 Å². The van der Waals surface area contributed by atoms with Gasteiger partial charge in [-0.05, 0) is 37.6 Å². The van der Waals surface area contributed by atoms with Crippen LogP contribution in [0.5, 0.6) is 11.5 Å². The number of benzene rings is 1. The van der Waals surface area contributed by atoms with E-state index in [4.69, 9.17) is 9.47 Å². The summed E-state index contributed by atoms with van der Waals surface area (Å²) in [6.45, 7) is 7.76.